The van der Waals surface area contributed by atoms with E-state index in [1.807, 2.05) is 18.2 Å². The van der Waals surface area contributed by atoms with Crippen LogP contribution in [0.5, 0.6) is 0 Å². The maximum absolute atomic E-state index is 10.4. The van der Waals surface area contributed by atoms with Gasteiger partial charge in [0.1, 0.15) is 0 Å². The zero-order valence-electron chi connectivity index (χ0n) is 14.6. The highest BCUT2D eigenvalue weighted by Crippen LogP contribution is 2.14. The molecule has 0 spiro atoms. The Kier molecular flexibility index (Phi) is 6.82. The SMILES string of the molecule is CCCN(Cc1ccc(C)cc1C)CC(O)Cc1ccccc1. The summed E-state index contributed by atoms with van der Waals surface area (Å²) in [4.78, 5) is 2.37. The molecule has 2 heteroatoms. The van der Waals surface area contributed by atoms with Crippen molar-refractivity contribution in [3.8, 4) is 0 Å². The van der Waals surface area contributed by atoms with E-state index in [9.17, 15) is 5.11 Å². The standard InChI is InChI=1S/C21H29NO/c1-4-12-22(15-20-11-10-17(2)13-18(20)3)16-21(23)14-19-8-6-5-7-9-19/h5-11,13,21,23H,4,12,14-16H2,1-3H3. The highest BCUT2D eigenvalue weighted by molar-refractivity contribution is 5.30. The third-order valence-corrected chi connectivity index (χ3v) is 4.21. The molecule has 0 saturated carbocycles. The number of hydrogen-bond donors (Lipinski definition) is 1. The Bertz CT molecular complexity index is 594. The minimum Gasteiger partial charge on any atom is -0.391 e. The molecule has 0 aromatic heterocycles. The molecule has 0 radical (unpaired) electrons. The maximum atomic E-state index is 10.4. The molecule has 23 heavy (non-hydrogen) atoms. The van der Waals surface area contributed by atoms with E-state index in [0.717, 1.165) is 26.1 Å². The molecule has 124 valence electrons. The summed E-state index contributed by atoms with van der Waals surface area (Å²) in [6.45, 7) is 9.14. The smallest absolute Gasteiger partial charge is 0.0707 e. The van der Waals surface area contributed by atoms with Crippen molar-refractivity contribution in [3.63, 3.8) is 0 Å². The van der Waals surface area contributed by atoms with Gasteiger partial charge in [-0.3, -0.25) is 4.90 Å². The number of nitrogens with zero attached hydrogens (tertiary/aromatic N) is 1. The second kappa shape index (κ2) is 8.85. The molecular formula is C21H29NO. The summed E-state index contributed by atoms with van der Waals surface area (Å²) >= 11 is 0. The minimum absolute atomic E-state index is 0.324. The lowest BCUT2D eigenvalue weighted by Crippen LogP contribution is -2.34. The van der Waals surface area contributed by atoms with Crippen LogP contribution in [0, 0.1) is 13.8 Å². The normalized spacial score (nSPS) is 12.6. The molecule has 0 amide bonds. The number of aliphatic hydroxyl groups is 1. The van der Waals surface area contributed by atoms with E-state index < -0.39 is 0 Å². The summed E-state index contributed by atoms with van der Waals surface area (Å²) in [6, 6.07) is 16.9. The summed E-state index contributed by atoms with van der Waals surface area (Å²) in [5, 5.41) is 10.4. The van der Waals surface area contributed by atoms with Crippen molar-refractivity contribution in [1.29, 1.82) is 0 Å². The number of aryl methyl sites for hydroxylation is 2. The Morgan fingerprint density at radius 3 is 2.43 bits per heavy atom. The van der Waals surface area contributed by atoms with Gasteiger partial charge in [-0.1, -0.05) is 61.0 Å². The monoisotopic (exact) mass is 311 g/mol. The lowest BCUT2D eigenvalue weighted by molar-refractivity contribution is 0.108. The highest BCUT2D eigenvalue weighted by Gasteiger charge is 2.13. The van der Waals surface area contributed by atoms with Crippen LogP contribution in [0.1, 0.15) is 35.6 Å². The van der Waals surface area contributed by atoms with Crippen molar-refractivity contribution in [2.75, 3.05) is 13.1 Å². The first kappa shape index (κ1) is 17.7. The molecule has 0 fully saturated rings. The molecule has 0 aliphatic rings. The van der Waals surface area contributed by atoms with Crippen LogP contribution in [0.2, 0.25) is 0 Å². The second-order valence-corrected chi connectivity index (χ2v) is 6.51. The van der Waals surface area contributed by atoms with Crippen molar-refractivity contribution < 1.29 is 5.11 Å². The van der Waals surface area contributed by atoms with E-state index in [1.165, 1.54) is 22.3 Å². The van der Waals surface area contributed by atoms with E-state index in [0.29, 0.717) is 6.42 Å². The van der Waals surface area contributed by atoms with Gasteiger partial charge < -0.3 is 5.11 Å². The van der Waals surface area contributed by atoms with Crippen molar-refractivity contribution >= 4 is 0 Å². The maximum Gasteiger partial charge on any atom is 0.0707 e. The van der Waals surface area contributed by atoms with Crippen LogP contribution in [0.25, 0.3) is 0 Å². The first-order valence-electron chi connectivity index (χ1n) is 8.59. The third-order valence-electron chi connectivity index (χ3n) is 4.21. The van der Waals surface area contributed by atoms with Gasteiger partial charge in [0.2, 0.25) is 0 Å². The molecule has 2 nitrogen and oxygen atoms in total. The Hall–Kier alpha value is -1.64. The van der Waals surface area contributed by atoms with Crippen molar-refractivity contribution in [3.05, 3.63) is 70.8 Å². The van der Waals surface area contributed by atoms with Crippen LogP contribution in [0.3, 0.4) is 0 Å². The molecule has 1 atom stereocenters. The van der Waals surface area contributed by atoms with Crippen LogP contribution in [-0.4, -0.2) is 29.2 Å². The van der Waals surface area contributed by atoms with Crippen LogP contribution < -0.4 is 0 Å². The summed E-state index contributed by atoms with van der Waals surface area (Å²) in [7, 11) is 0. The Labute approximate surface area is 140 Å². The van der Waals surface area contributed by atoms with Crippen molar-refractivity contribution in [1.82, 2.24) is 4.90 Å². The van der Waals surface area contributed by atoms with Crippen molar-refractivity contribution in [2.45, 2.75) is 46.3 Å². The highest BCUT2D eigenvalue weighted by atomic mass is 16.3. The van der Waals surface area contributed by atoms with Crippen molar-refractivity contribution in [2.24, 2.45) is 0 Å². The van der Waals surface area contributed by atoms with Gasteiger partial charge in [0.25, 0.3) is 0 Å². The van der Waals surface area contributed by atoms with E-state index >= 15 is 0 Å². The van der Waals surface area contributed by atoms with E-state index in [2.05, 4.69) is 56.0 Å². The minimum atomic E-state index is -0.324. The molecule has 2 aromatic rings. The average Bonchev–Trinajstić information content (AvgIpc) is 2.51. The topological polar surface area (TPSA) is 23.5 Å². The molecular weight excluding hydrogens is 282 g/mol. The lowest BCUT2D eigenvalue weighted by Gasteiger charge is -2.25. The van der Waals surface area contributed by atoms with Crippen LogP contribution >= 0.6 is 0 Å². The molecule has 0 aliphatic heterocycles. The summed E-state index contributed by atoms with van der Waals surface area (Å²) in [5.41, 5.74) is 5.19. The van der Waals surface area contributed by atoms with Gasteiger partial charge in [-0.15, -0.1) is 0 Å². The Morgan fingerprint density at radius 1 is 1.04 bits per heavy atom. The Balaban J connectivity index is 1.97. The number of rotatable bonds is 8. The van der Waals surface area contributed by atoms with E-state index in [-0.39, 0.29) is 6.10 Å². The first-order chi connectivity index (χ1) is 11.1. The summed E-state index contributed by atoms with van der Waals surface area (Å²) in [6.07, 6.45) is 1.49. The average molecular weight is 311 g/mol. The quantitative estimate of drug-likeness (QED) is 0.793. The molecule has 1 unspecified atom stereocenters. The molecule has 0 bridgehead atoms. The number of aliphatic hydroxyl groups excluding tert-OH is 1. The third kappa shape index (κ3) is 5.81. The molecule has 0 saturated heterocycles. The largest absolute Gasteiger partial charge is 0.391 e. The van der Waals surface area contributed by atoms with Gasteiger partial charge >= 0.3 is 0 Å². The second-order valence-electron chi connectivity index (χ2n) is 6.51. The lowest BCUT2D eigenvalue weighted by atomic mass is 10.0. The fourth-order valence-corrected chi connectivity index (χ4v) is 3.06. The Morgan fingerprint density at radius 2 is 1.78 bits per heavy atom. The first-order valence-corrected chi connectivity index (χ1v) is 8.59. The molecule has 1 N–H and O–H groups in total. The summed E-state index contributed by atoms with van der Waals surface area (Å²) < 4.78 is 0. The van der Waals surface area contributed by atoms with Crippen LogP contribution in [-0.2, 0) is 13.0 Å². The predicted octanol–water partition coefficient (Wildman–Crippen LogP) is 4.12. The van der Waals surface area contributed by atoms with Gasteiger partial charge in [-0.05, 0) is 49.9 Å². The van der Waals surface area contributed by atoms with E-state index in [1.54, 1.807) is 0 Å². The van der Waals surface area contributed by atoms with Gasteiger partial charge in [0.15, 0.2) is 0 Å². The van der Waals surface area contributed by atoms with Gasteiger partial charge in [0, 0.05) is 13.1 Å². The summed E-state index contributed by atoms with van der Waals surface area (Å²) in [5.74, 6) is 0. The number of hydrogen-bond acceptors (Lipinski definition) is 2. The molecule has 0 aliphatic carbocycles. The molecule has 0 heterocycles. The predicted molar refractivity (Wildman–Crippen MR) is 97.6 cm³/mol. The van der Waals surface area contributed by atoms with Gasteiger partial charge in [-0.25, -0.2) is 0 Å². The van der Waals surface area contributed by atoms with Crippen LogP contribution in [0.4, 0.5) is 0 Å². The van der Waals surface area contributed by atoms with E-state index in [4.69, 9.17) is 0 Å². The zero-order valence-corrected chi connectivity index (χ0v) is 14.6. The number of benzene rings is 2. The molecule has 2 rings (SSSR count). The van der Waals surface area contributed by atoms with Gasteiger partial charge in [-0.2, -0.15) is 0 Å². The fourth-order valence-electron chi connectivity index (χ4n) is 3.06. The molecule has 2 aromatic carbocycles. The van der Waals surface area contributed by atoms with Crippen LogP contribution in [0.15, 0.2) is 48.5 Å². The zero-order chi connectivity index (χ0) is 16.7. The fraction of sp³-hybridized carbons (Fsp3) is 0.429. The van der Waals surface area contributed by atoms with Gasteiger partial charge in [0.05, 0.1) is 6.10 Å².